The molecule has 6 rings (SSSR count). The number of fused-ring (bicyclic) bond motifs is 1. The van der Waals surface area contributed by atoms with E-state index in [1.54, 1.807) is 0 Å². The molecule has 2 aliphatic rings. The molecule has 3 aromatic carbocycles. The molecule has 4 aromatic rings. The van der Waals surface area contributed by atoms with Crippen LogP contribution in [0.1, 0.15) is 54.9 Å². The average Bonchev–Trinajstić information content (AvgIpc) is 3.20. The molecule has 3 heteroatoms. The van der Waals surface area contributed by atoms with Gasteiger partial charge in [-0.1, -0.05) is 73.7 Å². The highest BCUT2D eigenvalue weighted by Crippen LogP contribution is 2.61. The second-order valence-electron chi connectivity index (χ2n) is 10.5. The first-order valence-corrected chi connectivity index (χ1v) is 12.2. The number of hydrogen-bond acceptors (Lipinski definition) is 2. The van der Waals surface area contributed by atoms with Crippen LogP contribution < -0.4 is 0 Å². The molecule has 0 amide bonds. The summed E-state index contributed by atoms with van der Waals surface area (Å²) in [6.45, 7) is 3.01. The van der Waals surface area contributed by atoms with Gasteiger partial charge in [0.25, 0.3) is 0 Å². The van der Waals surface area contributed by atoms with E-state index in [0.717, 1.165) is 22.4 Å². The van der Waals surface area contributed by atoms with Crippen molar-refractivity contribution in [2.24, 2.45) is 17.3 Å². The zero-order valence-electron chi connectivity index (χ0n) is 19.2. The number of carbonyl (C=O) groups excluding carboxylic acids is 1. The maximum absolute atomic E-state index is 13.3. The van der Waals surface area contributed by atoms with E-state index in [1.807, 2.05) is 29.1 Å². The highest BCUT2D eigenvalue weighted by molar-refractivity contribution is 6.07. The van der Waals surface area contributed by atoms with Crippen molar-refractivity contribution in [3.05, 3.63) is 90.1 Å². The lowest BCUT2D eigenvalue weighted by molar-refractivity contribution is -0.0611. The molecule has 1 aromatic heterocycles. The van der Waals surface area contributed by atoms with Gasteiger partial charge in [-0.05, 0) is 65.7 Å². The zero-order chi connectivity index (χ0) is 22.4. The Hall–Kier alpha value is -3.20. The molecule has 0 bridgehead atoms. The molecule has 0 atom stereocenters. The standard InChI is InChI=1S/C30H30N2O/c1-21-15-30(16-21)17-23(18-30)14-28(33)27-9-5-8-26-19-31-32(29(26)27)20-22-10-12-25(13-11-22)24-6-3-2-4-7-24/h2-13,19,21,23H,14-18,20H2,1H3. The fraction of sp³-hybridized carbons (Fsp3) is 0.333. The predicted molar refractivity (Wildman–Crippen MR) is 133 cm³/mol. The molecule has 166 valence electrons. The molecule has 3 nitrogen and oxygen atoms in total. The van der Waals surface area contributed by atoms with Gasteiger partial charge in [0.05, 0.1) is 18.3 Å². The van der Waals surface area contributed by atoms with Crippen LogP contribution >= 0.6 is 0 Å². The molecule has 33 heavy (non-hydrogen) atoms. The Labute approximate surface area is 195 Å². The quantitative estimate of drug-likeness (QED) is 0.302. The Morgan fingerprint density at radius 2 is 1.64 bits per heavy atom. The summed E-state index contributed by atoms with van der Waals surface area (Å²) < 4.78 is 2.00. The Balaban J connectivity index is 1.20. The normalized spacial score (nSPS) is 23.9. The van der Waals surface area contributed by atoms with Gasteiger partial charge in [-0.2, -0.15) is 5.10 Å². The number of benzene rings is 3. The summed E-state index contributed by atoms with van der Waals surface area (Å²) in [4.78, 5) is 13.3. The van der Waals surface area contributed by atoms with E-state index in [-0.39, 0.29) is 5.78 Å². The third-order valence-electron chi connectivity index (χ3n) is 7.84. The fourth-order valence-corrected chi connectivity index (χ4v) is 6.53. The van der Waals surface area contributed by atoms with Crippen molar-refractivity contribution < 1.29 is 4.79 Å². The van der Waals surface area contributed by atoms with E-state index in [4.69, 9.17) is 0 Å². The van der Waals surface area contributed by atoms with Gasteiger partial charge in [0.15, 0.2) is 5.78 Å². The molecule has 2 aliphatic carbocycles. The lowest BCUT2D eigenvalue weighted by Gasteiger charge is -2.57. The van der Waals surface area contributed by atoms with E-state index in [1.165, 1.54) is 42.4 Å². The Morgan fingerprint density at radius 1 is 0.909 bits per heavy atom. The molecular formula is C30H30N2O. The van der Waals surface area contributed by atoms with Crippen LogP contribution in [0.5, 0.6) is 0 Å². The summed E-state index contributed by atoms with van der Waals surface area (Å²) in [6.07, 6.45) is 7.77. The van der Waals surface area contributed by atoms with E-state index in [0.29, 0.717) is 24.3 Å². The summed E-state index contributed by atoms with van der Waals surface area (Å²) in [6, 6.07) is 25.1. The van der Waals surface area contributed by atoms with Crippen LogP contribution in [-0.2, 0) is 6.54 Å². The lowest BCUT2D eigenvalue weighted by Crippen LogP contribution is -2.47. The van der Waals surface area contributed by atoms with Crippen molar-refractivity contribution >= 4 is 16.7 Å². The van der Waals surface area contributed by atoms with Gasteiger partial charge in [-0.25, -0.2) is 0 Å². The van der Waals surface area contributed by atoms with Gasteiger partial charge in [-0.15, -0.1) is 0 Å². The number of hydrogen-bond donors (Lipinski definition) is 0. The van der Waals surface area contributed by atoms with Crippen molar-refractivity contribution in [1.29, 1.82) is 0 Å². The number of para-hydroxylation sites is 1. The number of nitrogens with zero attached hydrogens (tertiary/aromatic N) is 2. The highest BCUT2D eigenvalue weighted by atomic mass is 16.1. The highest BCUT2D eigenvalue weighted by Gasteiger charge is 2.51. The monoisotopic (exact) mass is 434 g/mol. The molecule has 0 radical (unpaired) electrons. The lowest BCUT2D eigenvalue weighted by atomic mass is 9.48. The van der Waals surface area contributed by atoms with Crippen LogP contribution in [0.4, 0.5) is 0 Å². The maximum Gasteiger partial charge on any atom is 0.165 e. The van der Waals surface area contributed by atoms with Crippen LogP contribution in [-0.4, -0.2) is 15.6 Å². The Kier molecular flexibility index (Phi) is 4.94. The third kappa shape index (κ3) is 3.80. The predicted octanol–water partition coefficient (Wildman–Crippen LogP) is 7.15. The van der Waals surface area contributed by atoms with Crippen molar-refractivity contribution in [3.8, 4) is 11.1 Å². The van der Waals surface area contributed by atoms with Crippen LogP contribution in [0.2, 0.25) is 0 Å². The van der Waals surface area contributed by atoms with Crippen molar-refractivity contribution in [2.75, 3.05) is 0 Å². The zero-order valence-corrected chi connectivity index (χ0v) is 19.2. The minimum absolute atomic E-state index is 0.272. The molecule has 0 N–H and O–H groups in total. The molecular weight excluding hydrogens is 404 g/mol. The summed E-state index contributed by atoms with van der Waals surface area (Å²) in [5.74, 6) is 1.71. The molecule has 2 saturated carbocycles. The molecule has 1 spiro atoms. The molecule has 2 fully saturated rings. The first-order valence-electron chi connectivity index (χ1n) is 12.2. The third-order valence-corrected chi connectivity index (χ3v) is 7.84. The van der Waals surface area contributed by atoms with Gasteiger partial charge in [-0.3, -0.25) is 9.48 Å². The molecule has 0 unspecified atom stereocenters. The van der Waals surface area contributed by atoms with E-state index < -0.39 is 0 Å². The van der Waals surface area contributed by atoms with E-state index >= 15 is 0 Å². The summed E-state index contributed by atoms with van der Waals surface area (Å²) >= 11 is 0. The smallest absolute Gasteiger partial charge is 0.165 e. The number of Topliss-reactive ketones (excluding diaryl/α,β-unsaturated/α-hetero) is 1. The van der Waals surface area contributed by atoms with Crippen LogP contribution in [0.15, 0.2) is 79.0 Å². The Bertz CT molecular complexity index is 1290. The fourth-order valence-electron chi connectivity index (χ4n) is 6.53. The second kappa shape index (κ2) is 7.98. The van der Waals surface area contributed by atoms with Gasteiger partial charge in [0.2, 0.25) is 0 Å². The van der Waals surface area contributed by atoms with Gasteiger partial charge in [0.1, 0.15) is 0 Å². The summed E-state index contributed by atoms with van der Waals surface area (Å²) in [5.41, 5.74) is 6.00. The first kappa shape index (κ1) is 20.4. The van der Waals surface area contributed by atoms with Crippen molar-refractivity contribution in [1.82, 2.24) is 9.78 Å². The van der Waals surface area contributed by atoms with E-state index in [2.05, 4.69) is 66.6 Å². The summed E-state index contributed by atoms with van der Waals surface area (Å²) in [7, 11) is 0. The van der Waals surface area contributed by atoms with Gasteiger partial charge >= 0.3 is 0 Å². The molecule has 1 heterocycles. The largest absolute Gasteiger partial charge is 0.294 e. The van der Waals surface area contributed by atoms with Crippen molar-refractivity contribution in [2.45, 2.75) is 45.6 Å². The van der Waals surface area contributed by atoms with E-state index in [9.17, 15) is 4.79 Å². The minimum Gasteiger partial charge on any atom is -0.294 e. The molecule has 0 saturated heterocycles. The number of carbonyl (C=O) groups is 1. The maximum atomic E-state index is 13.3. The summed E-state index contributed by atoms with van der Waals surface area (Å²) in [5, 5.41) is 5.69. The first-order chi connectivity index (χ1) is 16.1. The van der Waals surface area contributed by atoms with Crippen LogP contribution in [0.25, 0.3) is 22.0 Å². The second-order valence-corrected chi connectivity index (χ2v) is 10.5. The number of aromatic nitrogens is 2. The SMILES string of the molecule is CC1CC2(C1)CC(CC(=O)c1cccc3cnn(Cc4ccc(-c5ccccc5)cc4)c13)C2. The Morgan fingerprint density at radius 3 is 2.36 bits per heavy atom. The minimum atomic E-state index is 0.272. The van der Waals surface area contributed by atoms with Gasteiger partial charge < -0.3 is 0 Å². The van der Waals surface area contributed by atoms with Gasteiger partial charge in [0, 0.05) is 17.4 Å². The number of ketones is 1. The van der Waals surface area contributed by atoms with Crippen molar-refractivity contribution in [3.63, 3.8) is 0 Å². The number of rotatable bonds is 6. The van der Waals surface area contributed by atoms with Crippen LogP contribution in [0.3, 0.4) is 0 Å². The van der Waals surface area contributed by atoms with Crippen LogP contribution in [0, 0.1) is 17.3 Å². The average molecular weight is 435 g/mol. The molecule has 0 aliphatic heterocycles. The topological polar surface area (TPSA) is 34.9 Å².